The molecule has 40 heavy (non-hydrogen) atoms. The largest absolute Gasteiger partial charge is 0.504 e. The average Bonchev–Trinajstić information content (AvgIpc) is 3.23. The lowest BCUT2D eigenvalue weighted by Gasteiger charge is -2.09. The Kier molecular flexibility index (Phi) is 8.13. The molecule has 2 N–H and O–H groups in total. The Morgan fingerprint density at radius 1 is 0.950 bits per heavy atom. The first kappa shape index (κ1) is 27.7. The van der Waals surface area contributed by atoms with Gasteiger partial charge in [0.2, 0.25) is 0 Å². The SMILES string of the molecule is O=C(NCc1ccc(Cn2c(=O)sn(-c3ccc(Cl)cc3)c2=O)cc1)OCc1ccc2c(Cl)cc(Cl)c(O)c2n1. The number of phenols is 1. The van der Waals surface area contributed by atoms with E-state index in [0.29, 0.717) is 26.8 Å². The van der Waals surface area contributed by atoms with E-state index >= 15 is 0 Å². The van der Waals surface area contributed by atoms with E-state index < -0.39 is 11.8 Å². The van der Waals surface area contributed by atoms with Crippen molar-refractivity contribution >= 4 is 63.3 Å². The normalized spacial score (nSPS) is 11.1. The summed E-state index contributed by atoms with van der Waals surface area (Å²) >= 11 is 18.8. The topological polar surface area (TPSA) is 115 Å². The van der Waals surface area contributed by atoms with Gasteiger partial charge < -0.3 is 15.2 Å². The van der Waals surface area contributed by atoms with Crippen LogP contribution in [0.2, 0.25) is 15.1 Å². The number of fused-ring (bicyclic) bond motifs is 1. The van der Waals surface area contributed by atoms with E-state index in [2.05, 4.69) is 10.3 Å². The van der Waals surface area contributed by atoms with E-state index in [-0.39, 0.29) is 40.9 Å². The molecule has 2 heterocycles. The van der Waals surface area contributed by atoms with Crippen LogP contribution in [0.4, 0.5) is 4.79 Å². The number of pyridine rings is 1. The molecule has 0 radical (unpaired) electrons. The molecule has 0 bridgehead atoms. The van der Waals surface area contributed by atoms with Crippen molar-refractivity contribution < 1.29 is 14.6 Å². The Labute approximate surface area is 245 Å². The number of nitrogens with zero attached hydrogens (tertiary/aromatic N) is 3. The lowest BCUT2D eigenvalue weighted by molar-refractivity contribution is 0.138. The summed E-state index contributed by atoms with van der Waals surface area (Å²) in [6.07, 6.45) is -0.660. The summed E-state index contributed by atoms with van der Waals surface area (Å²) in [6, 6.07) is 18.5. The van der Waals surface area contributed by atoms with Crippen molar-refractivity contribution in [2.24, 2.45) is 0 Å². The van der Waals surface area contributed by atoms with E-state index in [9.17, 15) is 19.5 Å². The molecule has 204 valence electrons. The molecule has 0 aliphatic heterocycles. The monoisotopic (exact) mass is 616 g/mol. The van der Waals surface area contributed by atoms with Crippen LogP contribution in [0, 0.1) is 0 Å². The lowest BCUT2D eigenvalue weighted by atomic mass is 10.1. The fourth-order valence-electron chi connectivity index (χ4n) is 3.86. The van der Waals surface area contributed by atoms with E-state index in [1.54, 1.807) is 60.7 Å². The number of benzene rings is 3. The van der Waals surface area contributed by atoms with Crippen LogP contribution in [-0.4, -0.2) is 24.7 Å². The second-order valence-corrected chi connectivity index (χ2v) is 10.8. The Bertz CT molecular complexity index is 1830. The number of phenolic OH excluding ortho intramolecular Hbond substituents is 1. The van der Waals surface area contributed by atoms with Crippen LogP contribution in [0.1, 0.15) is 16.8 Å². The number of hydrogen-bond acceptors (Lipinski definition) is 7. The van der Waals surface area contributed by atoms with Gasteiger partial charge in [-0.2, -0.15) is 0 Å². The summed E-state index contributed by atoms with van der Waals surface area (Å²) in [7, 11) is 0. The standard InChI is InChI=1S/C27H19Cl3N4O5S/c28-17-5-8-19(9-6-17)34-26(37)33(27(38)40-34)13-16-3-1-15(2-4-16)12-31-25(36)39-14-18-7-10-20-21(29)11-22(30)24(35)23(20)32-18/h1-11,35H,12-14H2,(H,31,36). The summed E-state index contributed by atoms with van der Waals surface area (Å²) in [5.74, 6) is -0.202. The van der Waals surface area contributed by atoms with Gasteiger partial charge in [-0.25, -0.2) is 23.1 Å². The van der Waals surface area contributed by atoms with E-state index in [1.165, 1.54) is 10.0 Å². The molecule has 0 aliphatic carbocycles. The first-order chi connectivity index (χ1) is 19.2. The van der Waals surface area contributed by atoms with Gasteiger partial charge >= 0.3 is 16.7 Å². The Hall–Kier alpha value is -3.83. The van der Waals surface area contributed by atoms with Crippen LogP contribution < -0.4 is 15.9 Å². The van der Waals surface area contributed by atoms with Crippen LogP contribution >= 0.6 is 46.3 Å². The summed E-state index contributed by atoms with van der Waals surface area (Å²) in [6.45, 7) is 0.167. The number of aromatic hydroxyl groups is 1. The van der Waals surface area contributed by atoms with Crippen molar-refractivity contribution in [1.29, 1.82) is 0 Å². The minimum absolute atomic E-state index is 0.0734. The molecule has 0 saturated heterocycles. The number of ether oxygens (including phenoxy) is 1. The van der Waals surface area contributed by atoms with Crippen LogP contribution in [0.3, 0.4) is 0 Å². The number of carbonyl (C=O) groups is 1. The molecule has 0 unspecified atom stereocenters. The second-order valence-electron chi connectivity index (χ2n) is 8.63. The van der Waals surface area contributed by atoms with Gasteiger partial charge in [0.1, 0.15) is 12.1 Å². The number of halogens is 3. The van der Waals surface area contributed by atoms with Gasteiger partial charge in [0.05, 0.1) is 28.0 Å². The number of aromatic nitrogens is 3. The molecule has 9 nitrogen and oxygen atoms in total. The molecule has 2 aromatic heterocycles. The highest BCUT2D eigenvalue weighted by Gasteiger charge is 2.14. The van der Waals surface area contributed by atoms with Gasteiger partial charge in [0.15, 0.2) is 5.75 Å². The minimum atomic E-state index is -0.660. The molecule has 0 atom stereocenters. The molecular formula is C27H19Cl3N4O5S. The van der Waals surface area contributed by atoms with Gasteiger partial charge in [-0.15, -0.1) is 0 Å². The van der Waals surface area contributed by atoms with Crippen molar-refractivity contribution in [3.8, 4) is 11.4 Å². The Morgan fingerprint density at radius 3 is 2.38 bits per heavy atom. The fourth-order valence-corrected chi connectivity index (χ4v) is 5.30. The maximum absolute atomic E-state index is 12.8. The fraction of sp³-hybridized carbons (Fsp3) is 0.111. The summed E-state index contributed by atoms with van der Waals surface area (Å²) in [4.78, 5) is 41.4. The minimum Gasteiger partial charge on any atom is -0.504 e. The zero-order valence-corrected chi connectivity index (χ0v) is 23.5. The zero-order valence-electron chi connectivity index (χ0n) is 20.4. The molecule has 13 heteroatoms. The van der Waals surface area contributed by atoms with Crippen LogP contribution in [0.5, 0.6) is 5.75 Å². The van der Waals surface area contributed by atoms with Crippen molar-refractivity contribution in [3.05, 3.63) is 119 Å². The first-order valence-electron chi connectivity index (χ1n) is 11.7. The third-order valence-corrected chi connectivity index (χ3v) is 7.70. The molecule has 5 aromatic rings. The Balaban J connectivity index is 1.17. The van der Waals surface area contributed by atoms with Crippen LogP contribution in [-0.2, 0) is 24.4 Å². The molecule has 0 fully saturated rings. The average molecular weight is 618 g/mol. The predicted octanol–water partition coefficient (Wildman–Crippen LogP) is 5.75. The lowest BCUT2D eigenvalue weighted by Crippen LogP contribution is -2.28. The number of hydrogen-bond donors (Lipinski definition) is 2. The number of amides is 1. The van der Waals surface area contributed by atoms with Crippen molar-refractivity contribution in [1.82, 2.24) is 18.8 Å². The van der Waals surface area contributed by atoms with Crippen LogP contribution in [0.25, 0.3) is 16.6 Å². The molecular weight excluding hydrogens is 599 g/mol. The summed E-state index contributed by atoms with van der Waals surface area (Å²) < 4.78 is 7.71. The molecule has 0 aliphatic rings. The van der Waals surface area contributed by atoms with Gasteiger partial charge in [-0.05, 0) is 53.6 Å². The highest BCUT2D eigenvalue weighted by molar-refractivity contribution is 7.03. The Morgan fingerprint density at radius 2 is 1.65 bits per heavy atom. The van der Waals surface area contributed by atoms with Crippen molar-refractivity contribution in [2.45, 2.75) is 19.7 Å². The van der Waals surface area contributed by atoms with Crippen molar-refractivity contribution in [2.75, 3.05) is 0 Å². The predicted molar refractivity (Wildman–Crippen MR) is 155 cm³/mol. The first-order valence-corrected chi connectivity index (χ1v) is 13.6. The maximum Gasteiger partial charge on any atom is 0.407 e. The van der Waals surface area contributed by atoms with Crippen LogP contribution in [0.15, 0.2) is 76.3 Å². The number of rotatable bonds is 7. The zero-order chi connectivity index (χ0) is 28.4. The third kappa shape index (κ3) is 6.00. The molecule has 0 saturated carbocycles. The van der Waals surface area contributed by atoms with E-state index in [4.69, 9.17) is 39.5 Å². The van der Waals surface area contributed by atoms with Gasteiger partial charge in [-0.1, -0.05) is 59.1 Å². The highest BCUT2D eigenvalue weighted by Crippen LogP contribution is 2.36. The quantitative estimate of drug-likeness (QED) is 0.240. The number of nitrogens with one attached hydrogen (secondary N) is 1. The number of carbonyl (C=O) groups excluding carboxylic acids is 1. The van der Waals surface area contributed by atoms with Gasteiger partial charge in [0.25, 0.3) is 0 Å². The molecule has 0 spiro atoms. The van der Waals surface area contributed by atoms with Gasteiger partial charge in [-0.3, -0.25) is 4.79 Å². The highest BCUT2D eigenvalue weighted by atomic mass is 35.5. The molecule has 1 amide bonds. The summed E-state index contributed by atoms with van der Waals surface area (Å²) in [5.41, 5.74) is 2.28. The number of alkyl carbamates (subject to hydrolysis) is 1. The third-order valence-electron chi connectivity index (χ3n) is 5.92. The second kappa shape index (κ2) is 11.7. The smallest absolute Gasteiger partial charge is 0.407 e. The summed E-state index contributed by atoms with van der Waals surface area (Å²) in [5, 5.41) is 14.3. The molecule has 5 rings (SSSR count). The van der Waals surface area contributed by atoms with E-state index in [0.717, 1.165) is 27.2 Å². The van der Waals surface area contributed by atoms with E-state index in [1.807, 2.05) is 0 Å². The van der Waals surface area contributed by atoms with Crippen molar-refractivity contribution in [3.63, 3.8) is 0 Å². The van der Waals surface area contributed by atoms with Gasteiger partial charge in [0, 0.05) is 28.5 Å². The maximum atomic E-state index is 12.8. The molecule has 3 aromatic carbocycles.